The highest BCUT2D eigenvalue weighted by molar-refractivity contribution is 8.17. The van der Waals surface area contributed by atoms with Crippen molar-refractivity contribution in [2.24, 2.45) is 5.10 Å². The summed E-state index contributed by atoms with van der Waals surface area (Å²) in [6.07, 6.45) is -1.24. The Balaban J connectivity index is 1.39. The maximum Gasteiger partial charge on any atom is 0.301 e. The molecule has 12 heteroatoms. The molecule has 1 aliphatic rings. The predicted octanol–water partition coefficient (Wildman–Crippen LogP) is 7.32. The number of benzene rings is 4. The van der Waals surface area contributed by atoms with Gasteiger partial charge in [-0.05, 0) is 59.3 Å². The first-order valence-corrected chi connectivity index (χ1v) is 16.0. The van der Waals surface area contributed by atoms with E-state index in [0.717, 1.165) is 22.8 Å². The van der Waals surface area contributed by atoms with Crippen molar-refractivity contribution in [3.05, 3.63) is 140 Å². The van der Waals surface area contributed by atoms with E-state index >= 15 is 0 Å². The largest absolute Gasteiger partial charge is 0.458 e. The van der Waals surface area contributed by atoms with Crippen LogP contribution in [0.15, 0.2) is 114 Å². The maximum atomic E-state index is 11.4. The van der Waals surface area contributed by atoms with Gasteiger partial charge in [0.05, 0.1) is 22.1 Å². The molecular weight excluding hydrogens is 585 g/mol. The zero-order chi connectivity index (χ0) is 30.8. The Morgan fingerprint density at radius 3 is 2.26 bits per heavy atom. The molecule has 0 radical (unpaired) electrons. The molecule has 4 aromatic rings. The van der Waals surface area contributed by atoms with Crippen molar-refractivity contribution < 1.29 is 14.4 Å². The lowest BCUT2D eigenvalue weighted by molar-refractivity contribution is -0.393. The van der Waals surface area contributed by atoms with E-state index in [2.05, 4.69) is 60.3 Å². The number of hydrogen-bond acceptors (Lipinski definition) is 9. The summed E-state index contributed by atoms with van der Waals surface area (Å²) in [5.74, 6) is 2.71. The van der Waals surface area contributed by atoms with Gasteiger partial charge in [-0.2, -0.15) is 5.10 Å². The van der Waals surface area contributed by atoms with Gasteiger partial charge in [0.25, 0.3) is 5.69 Å². The van der Waals surface area contributed by atoms with Gasteiger partial charge < -0.3 is 9.42 Å². The molecule has 0 aliphatic carbocycles. The van der Waals surface area contributed by atoms with Crippen LogP contribution in [0.3, 0.4) is 0 Å². The number of non-ortho nitro benzene ring substituents is 1. The van der Waals surface area contributed by atoms with Crippen LogP contribution in [0, 0.1) is 20.2 Å². The van der Waals surface area contributed by atoms with Crippen molar-refractivity contribution in [3.63, 3.8) is 0 Å². The molecule has 0 fully saturated rings. The lowest BCUT2D eigenvalue weighted by atomic mass is 9.84. The van der Waals surface area contributed by atoms with E-state index < -0.39 is 21.8 Å². The number of anilines is 2. The summed E-state index contributed by atoms with van der Waals surface area (Å²) in [6.45, 7) is 4.39. The second-order valence-electron chi connectivity index (χ2n) is 10.4. The molecule has 1 heterocycles. The Labute approximate surface area is 253 Å². The summed E-state index contributed by atoms with van der Waals surface area (Å²) in [5.41, 5.74) is 5.69. The van der Waals surface area contributed by atoms with Crippen LogP contribution in [-0.4, -0.2) is 23.1 Å². The van der Waals surface area contributed by atoms with Crippen LogP contribution in [0.25, 0.3) is 0 Å². The van der Waals surface area contributed by atoms with Gasteiger partial charge in [0.1, 0.15) is 11.4 Å². The number of para-hydroxylation sites is 1. The standard InChI is InChI=1S/C31H28N5O5PS/c1-31(2)26-11-7-8-12-28(26)34(3)30(31)21-42(43,25-9-5-4-6-10-25)41-24-16-13-22(14-17-24)20-32-33-27-18-15-23(35(37)38)19-29(27)36(39)40/h4-21,33H,1-3H3/b30-21-,32-20+. The molecule has 0 spiro atoms. The van der Waals surface area contributed by atoms with Crippen molar-refractivity contribution >= 4 is 52.3 Å². The van der Waals surface area contributed by atoms with Crippen LogP contribution in [0.4, 0.5) is 22.7 Å². The molecular formula is C31H28N5O5PS. The Morgan fingerprint density at radius 1 is 0.930 bits per heavy atom. The first-order chi connectivity index (χ1) is 20.5. The van der Waals surface area contributed by atoms with E-state index in [4.69, 9.17) is 16.3 Å². The van der Waals surface area contributed by atoms with Crippen molar-refractivity contribution in [2.45, 2.75) is 19.3 Å². The Hall–Kier alpha value is -4.86. The molecule has 4 aromatic carbocycles. The number of nitrogens with one attached hydrogen (secondary N) is 1. The summed E-state index contributed by atoms with van der Waals surface area (Å²) < 4.78 is 6.62. The number of allylic oxidation sites excluding steroid dienone is 1. The zero-order valence-electron chi connectivity index (χ0n) is 23.6. The highest BCUT2D eigenvalue weighted by atomic mass is 32.4. The molecule has 10 nitrogen and oxygen atoms in total. The smallest absolute Gasteiger partial charge is 0.301 e. The first-order valence-electron chi connectivity index (χ1n) is 13.2. The molecule has 0 saturated heterocycles. The van der Waals surface area contributed by atoms with Crippen LogP contribution < -0.4 is 20.2 Å². The normalized spacial score (nSPS) is 16.1. The van der Waals surface area contributed by atoms with Gasteiger partial charge in [-0.1, -0.05) is 62.4 Å². The predicted molar refractivity (Wildman–Crippen MR) is 174 cm³/mol. The van der Waals surface area contributed by atoms with Crippen LogP contribution >= 0.6 is 6.26 Å². The molecule has 0 saturated carbocycles. The van der Waals surface area contributed by atoms with Crippen LogP contribution in [0.2, 0.25) is 0 Å². The number of hydrogen-bond donors (Lipinski definition) is 1. The van der Waals surface area contributed by atoms with Crippen LogP contribution in [0.1, 0.15) is 25.0 Å². The molecule has 0 aromatic heterocycles. The Kier molecular flexibility index (Phi) is 8.12. The minimum absolute atomic E-state index is 0.0327. The second-order valence-corrected chi connectivity index (χ2v) is 14.2. The van der Waals surface area contributed by atoms with Gasteiger partial charge in [-0.15, -0.1) is 0 Å². The quantitative estimate of drug-likeness (QED) is 0.0902. The fourth-order valence-corrected chi connectivity index (χ4v) is 8.08. The first kappa shape index (κ1) is 29.6. The lowest BCUT2D eigenvalue weighted by Gasteiger charge is -2.28. The third kappa shape index (κ3) is 6.04. The monoisotopic (exact) mass is 613 g/mol. The van der Waals surface area contributed by atoms with Gasteiger partial charge >= 0.3 is 5.69 Å². The van der Waals surface area contributed by atoms with Gasteiger partial charge in [0, 0.05) is 41.0 Å². The second kappa shape index (κ2) is 11.8. The molecule has 0 bridgehead atoms. The van der Waals surface area contributed by atoms with E-state index in [-0.39, 0.29) is 16.8 Å². The molecule has 1 unspecified atom stereocenters. The van der Waals surface area contributed by atoms with E-state index in [9.17, 15) is 20.2 Å². The maximum absolute atomic E-state index is 11.4. The SMILES string of the molecule is CN1/C(=C\P(=S)(Oc2ccc(/C=N/Nc3ccc([N+](=O)[O-])cc3[N+](=O)[O-])cc2)c2ccccc2)C(C)(C)c2ccccc21. The summed E-state index contributed by atoms with van der Waals surface area (Å²) >= 11 is 6.32. The minimum Gasteiger partial charge on any atom is -0.458 e. The van der Waals surface area contributed by atoms with Gasteiger partial charge in [0.15, 0.2) is 6.26 Å². The highest BCUT2D eigenvalue weighted by Gasteiger charge is 2.40. The molecule has 5 rings (SSSR count). The Bertz CT molecular complexity index is 1810. The molecule has 218 valence electrons. The number of likely N-dealkylation sites (N-methyl/N-ethyl adjacent to an activating group) is 1. The third-order valence-corrected chi connectivity index (χ3v) is 10.5. The summed E-state index contributed by atoms with van der Waals surface area (Å²) in [5, 5.41) is 27.3. The molecule has 1 N–H and O–H groups in total. The summed E-state index contributed by atoms with van der Waals surface area (Å²) in [4.78, 5) is 23.1. The van der Waals surface area contributed by atoms with Crippen molar-refractivity contribution in [3.8, 4) is 5.75 Å². The number of nitro benzene ring substituents is 2. The number of nitro groups is 2. The van der Waals surface area contributed by atoms with Gasteiger partial charge in [-0.25, -0.2) is 0 Å². The minimum atomic E-state index is -2.72. The van der Waals surface area contributed by atoms with E-state index in [1.54, 1.807) is 24.3 Å². The number of rotatable bonds is 9. The highest BCUT2D eigenvalue weighted by Crippen LogP contribution is 2.55. The molecule has 43 heavy (non-hydrogen) atoms. The Morgan fingerprint density at radius 2 is 1.60 bits per heavy atom. The fraction of sp³-hybridized carbons (Fsp3) is 0.129. The van der Waals surface area contributed by atoms with E-state index in [0.29, 0.717) is 11.3 Å². The average molecular weight is 614 g/mol. The van der Waals surface area contributed by atoms with Crippen molar-refractivity contribution in [2.75, 3.05) is 17.4 Å². The zero-order valence-corrected chi connectivity index (χ0v) is 25.3. The molecule has 0 amide bonds. The molecule has 1 atom stereocenters. The fourth-order valence-electron chi connectivity index (χ4n) is 5.01. The molecule has 1 aliphatic heterocycles. The van der Waals surface area contributed by atoms with Gasteiger partial charge in [0.2, 0.25) is 0 Å². The third-order valence-electron chi connectivity index (χ3n) is 7.26. The summed E-state index contributed by atoms with van der Waals surface area (Å²) in [6, 6.07) is 28.7. The van der Waals surface area contributed by atoms with Crippen LogP contribution in [-0.2, 0) is 17.2 Å². The lowest BCUT2D eigenvalue weighted by Crippen LogP contribution is -2.24. The average Bonchev–Trinajstić information content (AvgIpc) is 3.18. The summed E-state index contributed by atoms with van der Waals surface area (Å²) in [7, 11) is 2.05. The number of fused-ring (bicyclic) bond motifs is 1. The van der Waals surface area contributed by atoms with Gasteiger partial charge in [-0.3, -0.25) is 25.7 Å². The number of nitrogens with zero attached hydrogens (tertiary/aromatic N) is 4. The van der Waals surface area contributed by atoms with E-state index in [1.165, 1.54) is 23.9 Å². The van der Waals surface area contributed by atoms with Crippen LogP contribution in [0.5, 0.6) is 5.75 Å². The van der Waals surface area contributed by atoms with Crippen molar-refractivity contribution in [1.82, 2.24) is 0 Å². The van der Waals surface area contributed by atoms with E-state index in [1.807, 2.05) is 36.4 Å². The number of hydrazone groups is 1. The van der Waals surface area contributed by atoms with Crippen molar-refractivity contribution in [1.29, 1.82) is 0 Å². The topological polar surface area (TPSA) is 123 Å².